The van der Waals surface area contributed by atoms with E-state index in [0.717, 1.165) is 10.9 Å². The van der Waals surface area contributed by atoms with Gasteiger partial charge in [-0.2, -0.15) is 0 Å². The molecule has 1 unspecified atom stereocenters. The van der Waals surface area contributed by atoms with E-state index in [1.807, 2.05) is 24.3 Å². The SMILES string of the molecule is COCCCNC(=O)C(C)Oc1ccccc1Br. The molecule has 1 rings (SSSR count). The van der Waals surface area contributed by atoms with E-state index in [1.165, 1.54) is 0 Å². The number of halogens is 1. The molecule has 0 heterocycles. The molecule has 0 aliphatic heterocycles. The van der Waals surface area contributed by atoms with E-state index < -0.39 is 6.10 Å². The van der Waals surface area contributed by atoms with Crippen molar-refractivity contribution in [1.82, 2.24) is 5.32 Å². The number of amides is 1. The molecule has 0 aliphatic rings. The van der Waals surface area contributed by atoms with Gasteiger partial charge in [-0.15, -0.1) is 0 Å². The van der Waals surface area contributed by atoms with Gasteiger partial charge in [0.25, 0.3) is 5.91 Å². The zero-order chi connectivity index (χ0) is 13.4. The number of rotatable bonds is 7. The first-order valence-electron chi connectivity index (χ1n) is 5.83. The summed E-state index contributed by atoms with van der Waals surface area (Å²) in [6, 6.07) is 7.45. The second kappa shape index (κ2) is 8.11. The highest BCUT2D eigenvalue weighted by atomic mass is 79.9. The van der Waals surface area contributed by atoms with Crippen LogP contribution in [0.2, 0.25) is 0 Å². The maximum Gasteiger partial charge on any atom is 0.260 e. The Balaban J connectivity index is 2.38. The molecule has 0 bridgehead atoms. The lowest BCUT2D eigenvalue weighted by Gasteiger charge is -2.15. The van der Waals surface area contributed by atoms with Crippen LogP contribution in [0.4, 0.5) is 0 Å². The molecule has 1 atom stereocenters. The minimum atomic E-state index is -0.522. The highest BCUT2D eigenvalue weighted by molar-refractivity contribution is 9.10. The summed E-state index contributed by atoms with van der Waals surface area (Å²) >= 11 is 3.37. The molecule has 0 spiro atoms. The van der Waals surface area contributed by atoms with Gasteiger partial charge in [-0.05, 0) is 41.4 Å². The van der Waals surface area contributed by atoms with Crippen LogP contribution in [0.5, 0.6) is 5.75 Å². The average molecular weight is 316 g/mol. The number of nitrogens with one attached hydrogen (secondary N) is 1. The van der Waals surface area contributed by atoms with Crippen LogP contribution in [0.15, 0.2) is 28.7 Å². The van der Waals surface area contributed by atoms with Gasteiger partial charge < -0.3 is 14.8 Å². The molecule has 5 heteroatoms. The van der Waals surface area contributed by atoms with Crippen molar-refractivity contribution in [3.05, 3.63) is 28.7 Å². The van der Waals surface area contributed by atoms with Crippen LogP contribution in [0.25, 0.3) is 0 Å². The molecule has 0 radical (unpaired) electrons. The van der Waals surface area contributed by atoms with Crippen LogP contribution < -0.4 is 10.1 Å². The Morgan fingerprint density at radius 3 is 2.83 bits per heavy atom. The van der Waals surface area contributed by atoms with Crippen molar-refractivity contribution in [2.24, 2.45) is 0 Å². The summed E-state index contributed by atoms with van der Waals surface area (Å²) in [5.74, 6) is 0.541. The smallest absolute Gasteiger partial charge is 0.260 e. The summed E-state index contributed by atoms with van der Waals surface area (Å²) in [4.78, 5) is 11.7. The van der Waals surface area contributed by atoms with Gasteiger partial charge in [0.2, 0.25) is 0 Å². The van der Waals surface area contributed by atoms with Crippen molar-refractivity contribution < 1.29 is 14.3 Å². The zero-order valence-corrected chi connectivity index (χ0v) is 12.2. The van der Waals surface area contributed by atoms with Gasteiger partial charge in [0.15, 0.2) is 6.10 Å². The van der Waals surface area contributed by atoms with Gasteiger partial charge in [0.1, 0.15) is 5.75 Å². The third-order valence-electron chi connectivity index (χ3n) is 2.33. The molecule has 1 amide bonds. The summed E-state index contributed by atoms with van der Waals surface area (Å²) in [6.45, 7) is 2.96. The van der Waals surface area contributed by atoms with Gasteiger partial charge >= 0.3 is 0 Å². The van der Waals surface area contributed by atoms with Crippen molar-refractivity contribution >= 4 is 21.8 Å². The molecular weight excluding hydrogens is 298 g/mol. The van der Waals surface area contributed by atoms with E-state index in [9.17, 15) is 4.79 Å². The third-order valence-corrected chi connectivity index (χ3v) is 2.99. The van der Waals surface area contributed by atoms with Gasteiger partial charge in [0, 0.05) is 20.3 Å². The average Bonchev–Trinajstić information content (AvgIpc) is 2.37. The lowest BCUT2D eigenvalue weighted by Crippen LogP contribution is -2.37. The van der Waals surface area contributed by atoms with Gasteiger partial charge in [0.05, 0.1) is 4.47 Å². The minimum Gasteiger partial charge on any atom is -0.480 e. The Morgan fingerprint density at radius 1 is 1.44 bits per heavy atom. The zero-order valence-electron chi connectivity index (χ0n) is 10.6. The Kier molecular flexibility index (Phi) is 6.75. The van der Waals surface area contributed by atoms with Crippen LogP contribution in [-0.4, -0.2) is 32.3 Å². The predicted octanol–water partition coefficient (Wildman–Crippen LogP) is 2.37. The van der Waals surface area contributed by atoms with E-state index in [1.54, 1.807) is 14.0 Å². The third kappa shape index (κ3) is 5.06. The van der Waals surface area contributed by atoms with Crippen molar-refractivity contribution in [1.29, 1.82) is 0 Å². The van der Waals surface area contributed by atoms with Gasteiger partial charge in [-0.3, -0.25) is 4.79 Å². The van der Waals surface area contributed by atoms with Crippen molar-refractivity contribution in [2.75, 3.05) is 20.3 Å². The van der Waals surface area contributed by atoms with E-state index in [4.69, 9.17) is 9.47 Å². The van der Waals surface area contributed by atoms with Crippen molar-refractivity contribution in [3.63, 3.8) is 0 Å². The molecule has 0 aromatic heterocycles. The lowest BCUT2D eigenvalue weighted by atomic mass is 10.3. The Hall–Kier alpha value is -1.07. The number of carbonyl (C=O) groups is 1. The number of carbonyl (C=O) groups excluding carboxylic acids is 1. The molecule has 4 nitrogen and oxygen atoms in total. The topological polar surface area (TPSA) is 47.6 Å². The maximum atomic E-state index is 11.7. The predicted molar refractivity (Wildman–Crippen MR) is 73.7 cm³/mol. The molecule has 1 aromatic rings. The van der Waals surface area contributed by atoms with Crippen LogP contribution in [0, 0.1) is 0 Å². The minimum absolute atomic E-state index is 0.123. The first kappa shape index (κ1) is 15.0. The highest BCUT2D eigenvalue weighted by Crippen LogP contribution is 2.24. The van der Waals surface area contributed by atoms with E-state index >= 15 is 0 Å². The fourth-order valence-corrected chi connectivity index (χ4v) is 1.73. The Labute approximate surface area is 116 Å². The lowest BCUT2D eigenvalue weighted by molar-refractivity contribution is -0.127. The normalized spacial score (nSPS) is 11.9. The number of hydrogen-bond acceptors (Lipinski definition) is 3. The number of para-hydroxylation sites is 1. The summed E-state index contributed by atoms with van der Waals surface area (Å²) in [5, 5.41) is 2.80. The largest absolute Gasteiger partial charge is 0.480 e. The maximum absolute atomic E-state index is 11.7. The van der Waals surface area contributed by atoms with Crippen molar-refractivity contribution in [3.8, 4) is 5.75 Å². The first-order valence-corrected chi connectivity index (χ1v) is 6.62. The van der Waals surface area contributed by atoms with Crippen LogP contribution >= 0.6 is 15.9 Å². The molecule has 1 aromatic carbocycles. The van der Waals surface area contributed by atoms with Gasteiger partial charge in [-0.1, -0.05) is 12.1 Å². The quantitative estimate of drug-likeness (QED) is 0.786. The standard InChI is InChI=1S/C13H18BrNO3/c1-10(13(16)15-8-5-9-17-2)18-12-7-4-3-6-11(12)14/h3-4,6-7,10H,5,8-9H2,1-2H3,(H,15,16). The molecule has 0 saturated heterocycles. The fourth-order valence-electron chi connectivity index (χ4n) is 1.36. The highest BCUT2D eigenvalue weighted by Gasteiger charge is 2.14. The number of methoxy groups -OCH3 is 1. The number of ether oxygens (including phenoxy) is 2. The first-order chi connectivity index (χ1) is 8.65. The number of hydrogen-bond donors (Lipinski definition) is 1. The Bertz CT molecular complexity index is 384. The molecule has 0 aliphatic carbocycles. The molecule has 1 N–H and O–H groups in total. The molecule has 100 valence electrons. The van der Waals surface area contributed by atoms with Crippen LogP contribution in [0.3, 0.4) is 0 Å². The monoisotopic (exact) mass is 315 g/mol. The summed E-state index contributed by atoms with van der Waals surface area (Å²) in [7, 11) is 1.64. The van der Waals surface area contributed by atoms with E-state index in [0.29, 0.717) is 18.9 Å². The molecular formula is C13H18BrNO3. The molecule has 0 saturated carbocycles. The van der Waals surface area contributed by atoms with E-state index in [2.05, 4.69) is 21.2 Å². The fraction of sp³-hybridized carbons (Fsp3) is 0.462. The van der Waals surface area contributed by atoms with Gasteiger partial charge in [-0.25, -0.2) is 0 Å². The summed E-state index contributed by atoms with van der Waals surface area (Å²) in [5.41, 5.74) is 0. The van der Waals surface area contributed by atoms with Crippen LogP contribution in [0.1, 0.15) is 13.3 Å². The Morgan fingerprint density at radius 2 is 2.17 bits per heavy atom. The number of benzene rings is 1. The second-order valence-corrected chi connectivity index (χ2v) is 4.68. The van der Waals surface area contributed by atoms with E-state index in [-0.39, 0.29) is 5.91 Å². The summed E-state index contributed by atoms with van der Waals surface area (Å²) in [6.07, 6.45) is 0.274. The summed E-state index contributed by atoms with van der Waals surface area (Å²) < 4.78 is 11.3. The molecule has 18 heavy (non-hydrogen) atoms. The van der Waals surface area contributed by atoms with Crippen LogP contribution in [-0.2, 0) is 9.53 Å². The second-order valence-electron chi connectivity index (χ2n) is 3.83. The van der Waals surface area contributed by atoms with Crippen molar-refractivity contribution in [2.45, 2.75) is 19.4 Å². The molecule has 0 fully saturated rings.